The molecule has 1 aliphatic rings. The van der Waals surface area contributed by atoms with Crippen molar-refractivity contribution >= 4 is 0 Å². The fourth-order valence-corrected chi connectivity index (χ4v) is 2.14. The molecule has 1 rings (SSSR count). The molecular formula is C9H22N4O. The predicted molar refractivity (Wildman–Crippen MR) is 56.3 cm³/mol. The van der Waals surface area contributed by atoms with Crippen LogP contribution in [0.1, 0.15) is 20.3 Å². The Labute approximate surface area is 84.8 Å². The van der Waals surface area contributed by atoms with E-state index in [1.807, 2.05) is 13.8 Å². The minimum Gasteiger partial charge on any atom is -0.395 e. The van der Waals surface area contributed by atoms with E-state index in [2.05, 4.69) is 0 Å². The maximum absolute atomic E-state index is 8.90. The van der Waals surface area contributed by atoms with Gasteiger partial charge in [-0.25, -0.2) is 0 Å². The molecule has 5 unspecified atom stereocenters. The van der Waals surface area contributed by atoms with Crippen LogP contribution >= 0.6 is 0 Å². The van der Waals surface area contributed by atoms with E-state index in [1.54, 1.807) is 0 Å². The third kappa shape index (κ3) is 1.55. The molecule has 0 amide bonds. The fourth-order valence-electron chi connectivity index (χ4n) is 2.14. The van der Waals surface area contributed by atoms with Crippen molar-refractivity contribution in [3.8, 4) is 0 Å². The van der Waals surface area contributed by atoms with Gasteiger partial charge in [0.25, 0.3) is 0 Å². The van der Waals surface area contributed by atoms with Crippen LogP contribution in [0.15, 0.2) is 0 Å². The van der Waals surface area contributed by atoms with E-state index in [0.717, 1.165) is 6.42 Å². The van der Waals surface area contributed by atoms with Crippen LogP contribution in [-0.4, -0.2) is 34.9 Å². The highest BCUT2D eigenvalue weighted by Gasteiger charge is 2.57. The highest BCUT2D eigenvalue weighted by Crippen LogP contribution is 2.45. The van der Waals surface area contributed by atoms with Crippen molar-refractivity contribution in [1.29, 1.82) is 0 Å². The molecule has 0 aromatic carbocycles. The molecule has 5 heteroatoms. The summed E-state index contributed by atoms with van der Waals surface area (Å²) in [6, 6.07) is -0.703. The van der Waals surface area contributed by atoms with Gasteiger partial charge in [0.1, 0.15) is 0 Å². The zero-order valence-electron chi connectivity index (χ0n) is 8.90. The van der Waals surface area contributed by atoms with Crippen LogP contribution in [0.3, 0.4) is 0 Å². The SMILES string of the molecule is CC1(N)CC(C(N)C(N)CO)C1(C)N. The molecule has 0 aromatic rings. The number of nitrogens with two attached hydrogens (primary N) is 4. The van der Waals surface area contributed by atoms with E-state index in [-0.39, 0.29) is 24.1 Å². The monoisotopic (exact) mass is 202 g/mol. The summed E-state index contributed by atoms with van der Waals surface area (Å²) >= 11 is 0. The summed E-state index contributed by atoms with van der Waals surface area (Å²) in [6.45, 7) is 3.70. The van der Waals surface area contributed by atoms with Gasteiger partial charge in [-0.05, 0) is 26.2 Å². The zero-order valence-corrected chi connectivity index (χ0v) is 8.90. The van der Waals surface area contributed by atoms with Gasteiger partial charge in [0.2, 0.25) is 0 Å². The van der Waals surface area contributed by atoms with Crippen molar-refractivity contribution in [2.75, 3.05) is 6.61 Å². The van der Waals surface area contributed by atoms with E-state index in [0.29, 0.717) is 0 Å². The summed E-state index contributed by atoms with van der Waals surface area (Å²) in [5.74, 6) is 0.0830. The molecule has 1 saturated carbocycles. The number of rotatable bonds is 3. The van der Waals surface area contributed by atoms with Gasteiger partial charge >= 0.3 is 0 Å². The Balaban J connectivity index is 2.66. The first-order chi connectivity index (χ1) is 6.24. The molecule has 9 N–H and O–H groups in total. The lowest BCUT2D eigenvalue weighted by molar-refractivity contribution is 0.00362. The number of hydrogen-bond donors (Lipinski definition) is 5. The molecular weight excluding hydrogens is 180 g/mol. The Morgan fingerprint density at radius 1 is 1.36 bits per heavy atom. The molecule has 5 nitrogen and oxygen atoms in total. The Morgan fingerprint density at radius 2 is 1.86 bits per heavy atom. The molecule has 1 aliphatic carbocycles. The van der Waals surface area contributed by atoms with Crippen molar-refractivity contribution in [3.63, 3.8) is 0 Å². The van der Waals surface area contributed by atoms with Crippen molar-refractivity contribution in [2.45, 2.75) is 43.4 Å². The zero-order chi connectivity index (χ0) is 11.1. The van der Waals surface area contributed by atoms with Crippen LogP contribution in [0.2, 0.25) is 0 Å². The van der Waals surface area contributed by atoms with Gasteiger partial charge in [-0.2, -0.15) is 0 Å². The molecule has 0 aliphatic heterocycles. The molecule has 0 radical (unpaired) electrons. The minimum atomic E-state index is -0.501. The first-order valence-electron chi connectivity index (χ1n) is 4.94. The van der Waals surface area contributed by atoms with Gasteiger partial charge in [-0.15, -0.1) is 0 Å². The second kappa shape index (κ2) is 3.43. The van der Waals surface area contributed by atoms with E-state index < -0.39 is 11.6 Å². The molecule has 0 spiro atoms. The quantitative estimate of drug-likeness (QED) is 0.365. The van der Waals surface area contributed by atoms with E-state index in [9.17, 15) is 0 Å². The average Bonchev–Trinajstić information content (AvgIpc) is 2.11. The maximum atomic E-state index is 8.90. The first-order valence-corrected chi connectivity index (χ1v) is 4.94. The molecule has 5 atom stereocenters. The summed E-state index contributed by atoms with van der Waals surface area (Å²) in [7, 11) is 0. The molecule has 0 aromatic heterocycles. The Bertz CT molecular complexity index is 217. The normalized spacial score (nSPS) is 46.9. The van der Waals surface area contributed by atoms with Crippen LogP contribution in [0.25, 0.3) is 0 Å². The summed E-state index contributed by atoms with van der Waals surface area (Å²) in [6.07, 6.45) is 0.759. The van der Waals surface area contributed by atoms with Crippen LogP contribution in [0, 0.1) is 5.92 Å². The van der Waals surface area contributed by atoms with Gasteiger partial charge < -0.3 is 28.0 Å². The largest absolute Gasteiger partial charge is 0.395 e. The summed E-state index contributed by atoms with van der Waals surface area (Å²) < 4.78 is 0. The third-order valence-corrected chi connectivity index (χ3v) is 3.81. The highest BCUT2D eigenvalue weighted by molar-refractivity contribution is 5.19. The maximum Gasteiger partial charge on any atom is 0.0597 e. The van der Waals surface area contributed by atoms with Gasteiger partial charge in [0.15, 0.2) is 0 Å². The number of hydrogen-bond acceptors (Lipinski definition) is 5. The van der Waals surface area contributed by atoms with Crippen molar-refractivity contribution in [3.05, 3.63) is 0 Å². The fraction of sp³-hybridized carbons (Fsp3) is 1.00. The van der Waals surface area contributed by atoms with Gasteiger partial charge in [0, 0.05) is 23.2 Å². The number of aliphatic hydroxyl groups excluding tert-OH is 1. The highest BCUT2D eigenvalue weighted by atomic mass is 16.3. The van der Waals surface area contributed by atoms with Crippen LogP contribution in [0.5, 0.6) is 0 Å². The predicted octanol–water partition coefficient (Wildman–Crippen LogP) is -1.91. The lowest BCUT2D eigenvalue weighted by Gasteiger charge is -2.60. The van der Waals surface area contributed by atoms with Crippen LogP contribution < -0.4 is 22.9 Å². The minimum absolute atomic E-state index is 0.0830. The van der Waals surface area contributed by atoms with Gasteiger partial charge in [-0.1, -0.05) is 0 Å². The number of aliphatic hydroxyl groups is 1. The lowest BCUT2D eigenvalue weighted by atomic mass is 9.53. The van der Waals surface area contributed by atoms with Gasteiger partial charge in [-0.3, -0.25) is 0 Å². The van der Waals surface area contributed by atoms with E-state index >= 15 is 0 Å². The van der Waals surface area contributed by atoms with E-state index in [1.165, 1.54) is 0 Å². The smallest absolute Gasteiger partial charge is 0.0597 e. The van der Waals surface area contributed by atoms with Crippen molar-refractivity contribution in [1.82, 2.24) is 0 Å². The Morgan fingerprint density at radius 3 is 2.14 bits per heavy atom. The van der Waals surface area contributed by atoms with Crippen LogP contribution in [0.4, 0.5) is 0 Å². The first kappa shape index (κ1) is 11.9. The van der Waals surface area contributed by atoms with Crippen molar-refractivity contribution < 1.29 is 5.11 Å². The molecule has 1 fully saturated rings. The van der Waals surface area contributed by atoms with Crippen molar-refractivity contribution in [2.24, 2.45) is 28.9 Å². The third-order valence-electron chi connectivity index (χ3n) is 3.81. The van der Waals surface area contributed by atoms with Crippen LogP contribution in [-0.2, 0) is 0 Å². The van der Waals surface area contributed by atoms with E-state index in [4.69, 9.17) is 28.0 Å². The molecule has 0 heterocycles. The molecule has 0 bridgehead atoms. The Kier molecular flexibility index (Phi) is 2.91. The lowest BCUT2D eigenvalue weighted by Crippen LogP contribution is -2.80. The molecule has 0 saturated heterocycles. The Hall–Kier alpha value is -0.200. The summed E-state index contributed by atoms with van der Waals surface area (Å²) in [5.41, 5.74) is 22.8. The molecule has 14 heavy (non-hydrogen) atoms. The second-order valence-electron chi connectivity index (χ2n) is 4.93. The molecule has 84 valence electrons. The average molecular weight is 202 g/mol. The van der Waals surface area contributed by atoms with Gasteiger partial charge in [0.05, 0.1) is 6.61 Å². The second-order valence-corrected chi connectivity index (χ2v) is 4.93. The topological polar surface area (TPSA) is 124 Å². The summed E-state index contributed by atoms with van der Waals surface area (Å²) in [4.78, 5) is 0. The summed E-state index contributed by atoms with van der Waals surface area (Å²) in [5, 5.41) is 8.90. The standard InChI is InChI=1S/C9H22N4O/c1-8(12)3-5(9(8,2)13)7(11)6(10)4-14/h5-7,14H,3-4,10-13H2,1-2H3.